The van der Waals surface area contributed by atoms with Gasteiger partial charge < -0.3 is 19.8 Å². The van der Waals surface area contributed by atoms with Gasteiger partial charge in [0.15, 0.2) is 0 Å². The van der Waals surface area contributed by atoms with Gasteiger partial charge in [-0.25, -0.2) is 4.57 Å². The maximum absolute atomic E-state index is 13.1. The van der Waals surface area contributed by atoms with E-state index in [4.69, 9.17) is 9.05 Å². The zero-order valence-electron chi connectivity index (χ0n) is 58.8. The van der Waals surface area contributed by atoms with Crippen molar-refractivity contribution in [2.24, 2.45) is 0 Å². The van der Waals surface area contributed by atoms with Crippen molar-refractivity contribution in [3.63, 3.8) is 0 Å². The van der Waals surface area contributed by atoms with E-state index >= 15 is 0 Å². The van der Waals surface area contributed by atoms with Gasteiger partial charge in [0.2, 0.25) is 5.91 Å². The summed E-state index contributed by atoms with van der Waals surface area (Å²) in [7, 11) is 1.64. The molecule has 0 rings (SSSR count). The zero-order valence-corrected chi connectivity index (χ0v) is 59.7. The molecule has 0 heterocycles. The lowest BCUT2D eigenvalue weighted by Gasteiger charge is -2.26. The maximum Gasteiger partial charge on any atom is 0.472 e. The van der Waals surface area contributed by atoms with Crippen LogP contribution >= 0.6 is 7.82 Å². The number of aliphatic hydroxyl groups excluding tert-OH is 1. The highest BCUT2D eigenvalue weighted by Gasteiger charge is 2.28. The molecule has 0 saturated carbocycles. The van der Waals surface area contributed by atoms with Gasteiger partial charge >= 0.3 is 7.82 Å². The molecule has 0 spiro atoms. The molecule has 0 aromatic rings. The summed E-state index contributed by atoms with van der Waals surface area (Å²) < 4.78 is 24.0. The Kier molecular flexibility index (Phi) is 67.5. The van der Waals surface area contributed by atoms with Gasteiger partial charge in [-0.3, -0.25) is 13.8 Å². The van der Waals surface area contributed by atoms with E-state index in [1.165, 1.54) is 340 Å². The number of carbonyl (C=O) groups is 1. The number of hydrogen-bond acceptors (Lipinski definition) is 5. The second-order valence-corrected chi connectivity index (χ2v) is 29.5. The Hall–Kier alpha value is -1.02. The van der Waals surface area contributed by atoms with Crippen LogP contribution in [0.5, 0.6) is 0 Å². The predicted molar refractivity (Wildman–Crippen MR) is 378 cm³/mol. The Labute approximate surface area is 538 Å². The number of aliphatic hydroxyl groups is 1. The number of phosphoric ester groups is 1. The fourth-order valence-corrected chi connectivity index (χ4v) is 12.9. The summed E-state index contributed by atoms with van der Waals surface area (Å²) in [4.78, 5) is 23.5. The molecule has 8 nitrogen and oxygen atoms in total. The quantitative estimate of drug-likeness (QED) is 0.0243. The number of amides is 1. The van der Waals surface area contributed by atoms with Gasteiger partial charge in [0.25, 0.3) is 0 Å². The highest BCUT2D eigenvalue weighted by Crippen LogP contribution is 2.43. The van der Waals surface area contributed by atoms with Crippen molar-refractivity contribution in [2.75, 3.05) is 40.9 Å². The van der Waals surface area contributed by atoms with Gasteiger partial charge in [-0.2, -0.15) is 0 Å². The summed E-state index contributed by atoms with van der Waals surface area (Å²) in [5.41, 5.74) is 0. The highest BCUT2D eigenvalue weighted by atomic mass is 31.2. The van der Waals surface area contributed by atoms with E-state index in [1.807, 2.05) is 21.1 Å². The molecule has 86 heavy (non-hydrogen) atoms. The van der Waals surface area contributed by atoms with Crippen molar-refractivity contribution in [1.29, 1.82) is 0 Å². The van der Waals surface area contributed by atoms with Crippen LogP contribution < -0.4 is 5.32 Å². The van der Waals surface area contributed by atoms with E-state index in [2.05, 4.69) is 43.5 Å². The number of nitrogens with zero attached hydrogens (tertiary/aromatic N) is 1. The first-order chi connectivity index (χ1) is 42.0. The topological polar surface area (TPSA) is 105 Å². The Balaban J connectivity index is 3.93. The van der Waals surface area contributed by atoms with E-state index in [-0.39, 0.29) is 19.1 Å². The average molecular weight is 1240 g/mol. The number of rotatable bonds is 73. The molecule has 0 bridgehead atoms. The first-order valence-electron chi connectivity index (χ1n) is 38.7. The van der Waals surface area contributed by atoms with Gasteiger partial charge in [-0.05, 0) is 44.9 Å². The van der Waals surface area contributed by atoms with Crippen LogP contribution in [-0.4, -0.2) is 73.4 Å². The van der Waals surface area contributed by atoms with E-state index in [9.17, 15) is 19.4 Å². The second-order valence-electron chi connectivity index (χ2n) is 28.1. The average Bonchev–Trinajstić information content (AvgIpc) is 3.70. The number of phosphoric acid groups is 1. The molecule has 9 heteroatoms. The molecule has 0 aliphatic heterocycles. The highest BCUT2D eigenvalue weighted by molar-refractivity contribution is 7.47. The minimum Gasteiger partial charge on any atom is -0.391 e. The molecular weight excluding hydrogens is 1080 g/mol. The normalized spacial score (nSPS) is 13.6. The van der Waals surface area contributed by atoms with Crippen LogP contribution in [0.15, 0.2) is 24.3 Å². The van der Waals surface area contributed by atoms with Gasteiger partial charge in [0.1, 0.15) is 13.2 Å². The summed E-state index contributed by atoms with van der Waals surface area (Å²) in [5, 5.41) is 14.2. The van der Waals surface area contributed by atoms with Crippen molar-refractivity contribution in [2.45, 2.75) is 424 Å². The largest absolute Gasteiger partial charge is 0.472 e. The van der Waals surface area contributed by atoms with Crippen LogP contribution in [0.1, 0.15) is 412 Å². The smallest absolute Gasteiger partial charge is 0.391 e. The lowest BCUT2D eigenvalue weighted by Crippen LogP contribution is -2.46. The minimum absolute atomic E-state index is 0.0781. The lowest BCUT2D eigenvalue weighted by molar-refractivity contribution is -0.870. The maximum atomic E-state index is 13.1. The molecule has 3 unspecified atom stereocenters. The van der Waals surface area contributed by atoms with Crippen molar-refractivity contribution >= 4 is 13.7 Å². The number of hydrogen-bond donors (Lipinski definition) is 3. The van der Waals surface area contributed by atoms with Crippen molar-refractivity contribution in [1.82, 2.24) is 5.32 Å². The predicted octanol–water partition coefficient (Wildman–Crippen LogP) is 25.0. The standard InChI is InChI=1S/C77H153N2O6P/c1-6-8-10-12-14-16-18-20-22-24-26-28-30-32-34-36-37-38-39-40-41-43-45-47-49-51-53-55-57-59-61-63-65-67-69-71-77(81)78-75(74-85-86(82,83)84-73-72-79(3,4)5)76(80)70-68-66-64-62-60-58-56-54-52-50-48-46-44-42-35-33-31-29-27-25-23-21-19-17-15-13-11-9-7-2/h18,20,24,26,75-76,80H,6-17,19,21-23,25,27-74H2,1-5H3,(H-,78,81,82,83)/p+1/b20-18-,26-24-. The summed E-state index contributed by atoms with van der Waals surface area (Å²) in [6.45, 7) is 4.95. The summed E-state index contributed by atoms with van der Waals surface area (Å²) in [5.74, 6) is -0.134. The molecule has 0 fully saturated rings. The summed E-state index contributed by atoms with van der Waals surface area (Å²) >= 11 is 0. The van der Waals surface area contributed by atoms with Gasteiger partial charge in [0.05, 0.1) is 39.9 Å². The van der Waals surface area contributed by atoms with Crippen LogP contribution in [0.3, 0.4) is 0 Å². The molecule has 512 valence electrons. The first kappa shape index (κ1) is 85.0. The monoisotopic (exact) mass is 1230 g/mol. The molecule has 3 N–H and O–H groups in total. The molecule has 1 amide bonds. The fourth-order valence-electron chi connectivity index (χ4n) is 12.2. The molecule has 0 saturated heterocycles. The Bertz CT molecular complexity index is 1450. The van der Waals surface area contributed by atoms with Crippen LogP contribution in [0.4, 0.5) is 0 Å². The van der Waals surface area contributed by atoms with E-state index in [0.29, 0.717) is 23.9 Å². The Morgan fingerprint density at radius 1 is 0.395 bits per heavy atom. The zero-order chi connectivity index (χ0) is 62.6. The van der Waals surface area contributed by atoms with Gasteiger partial charge in [0, 0.05) is 6.42 Å². The Morgan fingerprint density at radius 2 is 0.663 bits per heavy atom. The number of quaternary nitrogens is 1. The van der Waals surface area contributed by atoms with E-state index in [0.717, 1.165) is 44.9 Å². The third-order valence-corrected chi connectivity index (χ3v) is 19.2. The number of allylic oxidation sites excluding steroid dienone is 4. The molecule has 0 aliphatic carbocycles. The van der Waals surface area contributed by atoms with Gasteiger partial charge in [-0.1, -0.05) is 385 Å². The van der Waals surface area contributed by atoms with Gasteiger partial charge in [-0.15, -0.1) is 0 Å². The van der Waals surface area contributed by atoms with Crippen molar-refractivity contribution in [3.8, 4) is 0 Å². The summed E-state index contributed by atoms with van der Waals surface area (Å²) in [6.07, 6.45) is 90.3. The van der Waals surface area contributed by atoms with Crippen LogP contribution in [0.2, 0.25) is 0 Å². The Morgan fingerprint density at radius 3 is 0.953 bits per heavy atom. The number of likely N-dealkylation sites (N-methyl/N-ethyl adjacent to an activating group) is 1. The third kappa shape index (κ3) is 70.4. The number of nitrogens with one attached hydrogen (secondary N) is 1. The van der Waals surface area contributed by atoms with Crippen molar-refractivity contribution in [3.05, 3.63) is 24.3 Å². The molecule has 0 aromatic carbocycles. The van der Waals surface area contributed by atoms with E-state index < -0.39 is 20.0 Å². The molecular formula is C77H154N2O6P+. The second kappa shape index (κ2) is 68.3. The molecule has 0 aliphatic rings. The number of unbranched alkanes of at least 4 members (excludes halogenated alkanes) is 56. The molecule has 0 aromatic heterocycles. The number of carbonyl (C=O) groups excluding carboxylic acids is 1. The first-order valence-corrected chi connectivity index (χ1v) is 40.2. The molecule has 3 atom stereocenters. The van der Waals surface area contributed by atoms with Crippen LogP contribution in [0.25, 0.3) is 0 Å². The lowest BCUT2D eigenvalue weighted by atomic mass is 10.0. The third-order valence-electron chi connectivity index (χ3n) is 18.2. The van der Waals surface area contributed by atoms with E-state index in [1.54, 1.807) is 0 Å². The van der Waals surface area contributed by atoms with Crippen molar-refractivity contribution < 1.29 is 32.9 Å². The van der Waals surface area contributed by atoms with Crippen LogP contribution in [0, 0.1) is 0 Å². The van der Waals surface area contributed by atoms with Crippen LogP contribution in [-0.2, 0) is 18.4 Å². The molecule has 0 radical (unpaired) electrons. The fraction of sp³-hybridized carbons (Fsp3) is 0.935. The summed E-state index contributed by atoms with van der Waals surface area (Å²) in [6, 6.07) is -0.760. The SMILES string of the molecule is CCCCCCC/C=C\C/C=C\CCCCCCCCCCCCCCCCCCCCCCCCCC(=O)NC(COP(=O)(O)OCC[N+](C)(C)C)C(O)CCCCCCCCCCCCCCCCCCCCCCCCCCCCCCC. The minimum atomic E-state index is -4.33.